The summed E-state index contributed by atoms with van der Waals surface area (Å²) in [6.07, 6.45) is 4.92. The molecule has 0 aliphatic rings. The van der Waals surface area contributed by atoms with Gasteiger partial charge in [0, 0.05) is 11.0 Å². The molecular formula is C12H17N3. The topological polar surface area (TPSA) is 37.8 Å². The molecule has 0 saturated heterocycles. The Labute approximate surface area is 91.0 Å². The lowest BCUT2D eigenvalue weighted by Crippen LogP contribution is -2.16. The molecule has 3 heteroatoms. The predicted octanol–water partition coefficient (Wildman–Crippen LogP) is 2.97. The average Bonchev–Trinajstić information content (AvgIpc) is 2.16. The van der Waals surface area contributed by atoms with Gasteiger partial charge in [-0.25, -0.2) is 9.97 Å². The van der Waals surface area contributed by atoms with Crippen LogP contribution in [-0.4, -0.2) is 9.97 Å². The summed E-state index contributed by atoms with van der Waals surface area (Å²) in [6, 6.07) is 0. The first-order valence-electron chi connectivity index (χ1n) is 4.86. The third-order valence-corrected chi connectivity index (χ3v) is 2.04. The van der Waals surface area contributed by atoms with Crippen LogP contribution < -0.4 is 5.32 Å². The van der Waals surface area contributed by atoms with Crippen molar-refractivity contribution in [2.24, 2.45) is 0 Å². The van der Waals surface area contributed by atoms with Crippen LogP contribution in [-0.2, 0) is 5.41 Å². The third kappa shape index (κ3) is 2.43. The van der Waals surface area contributed by atoms with Gasteiger partial charge < -0.3 is 5.32 Å². The van der Waals surface area contributed by atoms with Gasteiger partial charge in [0.25, 0.3) is 0 Å². The Balaban J connectivity index is 3.34. The molecule has 0 aromatic carbocycles. The molecular weight excluding hydrogens is 186 g/mol. The SMILES string of the molecule is C=CNc1ncnc(C(C)(C)C)c1C=C. The van der Waals surface area contributed by atoms with Gasteiger partial charge in [-0.3, -0.25) is 0 Å². The summed E-state index contributed by atoms with van der Waals surface area (Å²) in [5, 5.41) is 2.98. The van der Waals surface area contributed by atoms with Crippen LogP contribution in [0.25, 0.3) is 6.08 Å². The van der Waals surface area contributed by atoms with Crippen molar-refractivity contribution < 1.29 is 0 Å². The molecule has 0 aliphatic carbocycles. The van der Waals surface area contributed by atoms with Crippen LogP contribution in [0.5, 0.6) is 0 Å². The van der Waals surface area contributed by atoms with Gasteiger partial charge in [-0.05, 0) is 6.20 Å². The summed E-state index contributed by atoms with van der Waals surface area (Å²) >= 11 is 0. The Hall–Kier alpha value is -1.64. The van der Waals surface area contributed by atoms with E-state index in [-0.39, 0.29) is 5.41 Å². The Morgan fingerprint density at radius 3 is 2.40 bits per heavy atom. The van der Waals surface area contributed by atoms with Crippen LogP contribution in [0, 0.1) is 0 Å². The maximum atomic E-state index is 4.31. The number of hydrogen-bond donors (Lipinski definition) is 1. The summed E-state index contributed by atoms with van der Waals surface area (Å²) in [5.41, 5.74) is 1.89. The number of nitrogens with zero attached hydrogens (tertiary/aromatic N) is 2. The van der Waals surface area contributed by atoms with Crippen molar-refractivity contribution in [3.05, 3.63) is 36.9 Å². The number of rotatable bonds is 3. The van der Waals surface area contributed by atoms with Crippen molar-refractivity contribution in [3.8, 4) is 0 Å². The van der Waals surface area contributed by atoms with E-state index in [9.17, 15) is 0 Å². The van der Waals surface area contributed by atoms with Gasteiger partial charge in [0.05, 0.1) is 5.69 Å². The van der Waals surface area contributed by atoms with Gasteiger partial charge >= 0.3 is 0 Å². The van der Waals surface area contributed by atoms with Crippen molar-refractivity contribution in [3.63, 3.8) is 0 Å². The van der Waals surface area contributed by atoms with E-state index in [0.717, 1.165) is 17.1 Å². The van der Waals surface area contributed by atoms with Crippen LogP contribution in [0.2, 0.25) is 0 Å². The maximum absolute atomic E-state index is 4.31. The fourth-order valence-corrected chi connectivity index (χ4v) is 1.40. The van der Waals surface area contributed by atoms with Gasteiger partial charge in [0.2, 0.25) is 0 Å². The summed E-state index contributed by atoms with van der Waals surface area (Å²) in [5.74, 6) is 0.750. The average molecular weight is 203 g/mol. The first-order valence-corrected chi connectivity index (χ1v) is 4.86. The van der Waals surface area contributed by atoms with E-state index >= 15 is 0 Å². The highest BCUT2D eigenvalue weighted by Gasteiger charge is 2.20. The molecule has 0 unspecified atom stereocenters. The van der Waals surface area contributed by atoms with E-state index in [1.54, 1.807) is 18.6 Å². The zero-order valence-electron chi connectivity index (χ0n) is 9.54. The lowest BCUT2D eigenvalue weighted by Gasteiger charge is -2.21. The van der Waals surface area contributed by atoms with Gasteiger partial charge in [-0.2, -0.15) is 0 Å². The van der Waals surface area contributed by atoms with E-state index in [1.165, 1.54) is 0 Å². The quantitative estimate of drug-likeness (QED) is 0.820. The molecule has 0 saturated carbocycles. The second-order valence-electron chi connectivity index (χ2n) is 4.29. The van der Waals surface area contributed by atoms with Crippen LogP contribution in [0.1, 0.15) is 32.0 Å². The van der Waals surface area contributed by atoms with Crippen LogP contribution in [0.3, 0.4) is 0 Å². The largest absolute Gasteiger partial charge is 0.347 e. The summed E-state index contributed by atoms with van der Waals surface area (Å²) in [6.45, 7) is 13.7. The van der Waals surface area contributed by atoms with Crippen LogP contribution in [0.15, 0.2) is 25.7 Å². The third-order valence-electron chi connectivity index (χ3n) is 2.04. The monoisotopic (exact) mass is 203 g/mol. The van der Waals surface area contributed by atoms with Crippen LogP contribution in [0.4, 0.5) is 5.82 Å². The van der Waals surface area contributed by atoms with Gasteiger partial charge in [0.15, 0.2) is 0 Å². The number of hydrogen-bond acceptors (Lipinski definition) is 3. The first-order chi connectivity index (χ1) is 7.00. The smallest absolute Gasteiger partial charge is 0.140 e. The minimum atomic E-state index is -0.0237. The molecule has 1 aromatic heterocycles. The van der Waals surface area contributed by atoms with Gasteiger partial charge in [0.1, 0.15) is 12.1 Å². The maximum Gasteiger partial charge on any atom is 0.140 e. The fourth-order valence-electron chi connectivity index (χ4n) is 1.40. The molecule has 1 aromatic rings. The van der Waals surface area contributed by atoms with E-state index in [4.69, 9.17) is 0 Å². The predicted molar refractivity (Wildman–Crippen MR) is 64.6 cm³/mol. The molecule has 0 atom stereocenters. The zero-order chi connectivity index (χ0) is 11.5. The fraction of sp³-hybridized carbons (Fsp3) is 0.333. The van der Waals surface area contributed by atoms with Crippen molar-refractivity contribution in [2.75, 3.05) is 5.32 Å². The molecule has 15 heavy (non-hydrogen) atoms. The Morgan fingerprint density at radius 2 is 1.93 bits per heavy atom. The van der Waals surface area contributed by atoms with E-state index in [0.29, 0.717) is 0 Å². The van der Waals surface area contributed by atoms with E-state index < -0.39 is 0 Å². The molecule has 0 radical (unpaired) electrons. The Kier molecular flexibility index (Phi) is 3.24. The minimum Gasteiger partial charge on any atom is -0.347 e. The van der Waals surface area contributed by atoms with Crippen molar-refractivity contribution in [1.29, 1.82) is 0 Å². The molecule has 0 fully saturated rings. The number of nitrogens with one attached hydrogen (secondary N) is 1. The molecule has 3 nitrogen and oxygen atoms in total. The highest BCUT2D eigenvalue weighted by molar-refractivity contribution is 5.65. The summed E-state index contributed by atoms with van der Waals surface area (Å²) < 4.78 is 0. The number of anilines is 1. The number of aromatic nitrogens is 2. The summed E-state index contributed by atoms with van der Waals surface area (Å²) in [4.78, 5) is 8.46. The Morgan fingerprint density at radius 1 is 1.27 bits per heavy atom. The zero-order valence-corrected chi connectivity index (χ0v) is 9.54. The normalized spacial score (nSPS) is 10.9. The minimum absolute atomic E-state index is 0.0237. The molecule has 0 amide bonds. The molecule has 0 aliphatic heterocycles. The molecule has 1 rings (SSSR count). The van der Waals surface area contributed by atoms with Gasteiger partial charge in [-0.15, -0.1) is 0 Å². The standard InChI is InChI=1S/C12H17N3/c1-6-9-10(12(3,4)5)14-8-15-11(9)13-7-2/h6-8H,1-2H2,3-5H3,(H,13,14,15). The molecule has 1 heterocycles. The molecule has 0 spiro atoms. The highest BCUT2D eigenvalue weighted by Crippen LogP contribution is 2.27. The lowest BCUT2D eigenvalue weighted by molar-refractivity contribution is 0.566. The van der Waals surface area contributed by atoms with E-state index in [2.05, 4.69) is 49.2 Å². The van der Waals surface area contributed by atoms with Crippen LogP contribution >= 0.6 is 0 Å². The van der Waals surface area contributed by atoms with E-state index in [1.807, 2.05) is 0 Å². The second kappa shape index (κ2) is 4.26. The summed E-state index contributed by atoms with van der Waals surface area (Å²) in [7, 11) is 0. The van der Waals surface area contributed by atoms with Crippen molar-refractivity contribution in [2.45, 2.75) is 26.2 Å². The van der Waals surface area contributed by atoms with Crippen molar-refractivity contribution >= 4 is 11.9 Å². The highest BCUT2D eigenvalue weighted by atomic mass is 15.0. The molecule has 80 valence electrons. The Bertz CT molecular complexity index is 375. The lowest BCUT2D eigenvalue weighted by atomic mass is 9.88. The van der Waals surface area contributed by atoms with Crippen molar-refractivity contribution in [1.82, 2.24) is 9.97 Å². The second-order valence-corrected chi connectivity index (χ2v) is 4.29. The first kappa shape index (κ1) is 11.4. The molecule has 0 bridgehead atoms. The van der Waals surface area contributed by atoms with Gasteiger partial charge in [-0.1, -0.05) is 40.0 Å². The molecule has 1 N–H and O–H groups in total.